The summed E-state index contributed by atoms with van der Waals surface area (Å²) in [6, 6.07) is 14.9. The average molecular weight is 377 g/mol. The normalized spacial score (nSPS) is 14.9. The van der Waals surface area contributed by atoms with Gasteiger partial charge >= 0.3 is 0 Å². The molecule has 146 valence electrons. The summed E-state index contributed by atoms with van der Waals surface area (Å²) in [6.45, 7) is 4.16. The van der Waals surface area contributed by atoms with Gasteiger partial charge in [-0.25, -0.2) is 0 Å². The van der Waals surface area contributed by atoms with Crippen molar-refractivity contribution >= 4 is 22.3 Å². The van der Waals surface area contributed by atoms with Gasteiger partial charge in [-0.1, -0.05) is 18.2 Å². The number of fused-ring (bicyclic) bond motifs is 1. The zero-order valence-electron chi connectivity index (χ0n) is 16.7. The number of aryl methyl sites for hydroxylation is 1. The Morgan fingerprint density at radius 2 is 1.71 bits per heavy atom. The molecule has 5 nitrogen and oxygen atoms in total. The number of para-hydroxylation sites is 1. The van der Waals surface area contributed by atoms with Crippen molar-refractivity contribution in [2.75, 3.05) is 37.5 Å². The van der Waals surface area contributed by atoms with Crippen LogP contribution in [0.15, 0.2) is 48.7 Å². The number of anilines is 2. The van der Waals surface area contributed by atoms with Crippen LogP contribution >= 0.6 is 0 Å². The maximum absolute atomic E-state index is 5.38. The van der Waals surface area contributed by atoms with Gasteiger partial charge in [0.05, 0.1) is 19.7 Å². The smallest absolute Gasteiger partial charge is 0.124 e. The standard InChI is InChI=1S/C23H27N3O2/c1-16-5-4-6-21-22(7-10-24-23(16)21)26-11-8-17(9-12-26)25-18-13-19(27-2)15-20(14-18)28-3/h4-7,10,13-15,17,25H,8-9,11-12H2,1-3H3. The molecule has 2 aromatic carbocycles. The van der Waals surface area contributed by atoms with E-state index >= 15 is 0 Å². The Bertz CT molecular complexity index is 943. The summed E-state index contributed by atoms with van der Waals surface area (Å²) in [5.41, 5.74) is 4.65. The number of hydrogen-bond donors (Lipinski definition) is 1. The molecule has 0 aliphatic carbocycles. The summed E-state index contributed by atoms with van der Waals surface area (Å²) in [4.78, 5) is 7.06. The molecule has 0 spiro atoms. The molecule has 28 heavy (non-hydrogen) atoms. The van der Waals surface area contributed by atoms with E-state index in [1.165, 1.54) is 16.6 Å². The summed E-state index contributed by atoms with van der Waals surface area (Å²) in [6.07, 6.45) is 4.09. The number of aromatic nitrogens is 1. The van der Waals surface area contributed by atoms with Gasteiger partial charge in [0.2, 0.25) is 0 Å². The Morgan fingerprint density at radius 3 is 2.39 bits per heavy atom. The predicted octanol–water partition coefficient (Wildman–Crippen LogP) is 4.64. The molecular weight excluding hydrogens is 350 g/mol. The van der Waals surface area contributed by atoms with Gasteiger partial charge < -0.3 is 19.7 Å². The van der Waals surface area contributed by atoms with Crippen molar-refractivity contribution in [3.05, 3.63) is 54.2 Å². The van der Waals surface area contributed by atoms with Crippen LogP contribution < -0.4 is 19.7 Å². The van der Waals surface area contributed by atoms with E-state index in [9.17, 15) is 0 Å². The first kappa shape index (κ1) is 18.4. The molecule has 1 N–H and O–H groups in total. The lowest BCUT2D eigenvalue weighted by molar-refractivity contribution is 0.394. The van der Waals surface area contributed by atoms with E-state index in [0.29, 0.717) is 6.04 Å². The summed E-state index contributed by atoms with van der Waals surface area (Å²) in [5.74, 6) is 1.61. The highest BCUT2D eigenvalue weighted by molar-refractivity contribution is 5.93. The summed E-state index contributed by atoms with van der Waals surface area (Å²) in [7, 11) is 3.36. The van der Waals surface area contributed by atoms with E-state index in [1.807, 2.05) is 24.4 Å². The predicted molar refractivity (Wildman–Crippen MR) is 115 cm³/mol. The van der Waals surface area contributed by atoms with Crippen molar-refractivity contribution in [1.29, 1.82) is 0 Å². The molecule has 2 heterocycles. The molecule has 1 aliphatic heterocycles. The molecule has 1 fully saturated rings. The van der Waals surface area contributed by atoms with Crippen molar-refractivity contribution in [3.63, 3.8) is 0 Å². The Labute approximate surface area is 166 Å². The number of hydrogen-bond acceptors (Lipinski definition) is 5. The van der Waals surface area contributed by atoms with Gasteiger partial charge in [-0.3, -0.25) is 4.98 Å². The molecule has 5 heteroatoms. The maximum atomic E-state index is 5.38. The van der Waals surface area contributed by atoms with E-state index in [-0.39, 0.29) is 0 Å². The first-order valence-corrected chi connectivity index (χ1v) is 9.77. The van der Waals surface area contributed by atoms with E-state index < -0.39 is 0 Å². The lowest BCUT2D eigenvalue weighted by Crippen LogP contribution is -2.39. The van der Waals surface area contributed by atoms with Crippen LogP contribution in [0, 0.1) is 6.92 Å². The first-order valence-electron chi connectivity index (χ1n) is 9.77. The number of methoxy groups -OCH3 is 2. The minimum absolute atomic E-state index is 0.433. The van der Waals surface area contributed by atoms with Crippen LogP contribution in [0.3, 0.4) is 0 Å². The van der Waals surface area contributed by atoms with Gasteiger partial charge in [-0.15, -0.1) is 0 Å². The molecule has 1 aliphatic rings. The van der Waals surface area contributed by atoms with Crippen LogP contribution in [0.25, 0.3) is 10.9 Å². The monoisotopic (exact) mass is 377 g/mol. The van der Waals surface area contributed by atoms with Gasteiger partial charge in [-0.05, 0) is 31.4 Å². The van der Waals surface area contributed by atoms with Crippen molar-refractivity contribution < 1.29 is 9.47 Å². The van der Waals surface area contributed by atoms with Gasteiger partial charge in [0.15, 0.2) is 0 Å². The molecule has 1 aromatic heterocycles. The van der Waals surface area contributed by atoms with Crippen LogP contribution in [0.2, 0.25) is 0 Å². The minimum atomic E-state index is 0.433. The highest BCUT2D eigenvalue weighted by Crippen LogP contribution is 2.31. The maximum Gasteiger partial charge on any atom is 0.124 e. The Balaban J connectivity index is 1.47. The molecule has 0 bridgehead atoms. The van der Waals surface area contributed by atoms with Crippen LogP contribution in [0.1, 0.15) is 18.4 Å². The van der Waals surface area contributed by atoms with Crippen LogP contribution in [0.5, 0.6) is 11.5 Å². The average Bonchev–Trinajstić information content (AvgIpc) is 2.74. The fraction of sp³-hybridized carbons (Fsp3) is 0.348. The Morgan fingerprint density at radius 1 is 1.00 bits per heavy atom. The molecule has 0 radical (unpaired) electrons. The number of benzene rings is 2. The van der Waals surface area contributed by atoms with Crippen molar-refractivity contribution in [2.45, 2.75) is 25.8 Å². The minimum Gasteiger partial charge on any atom is -0.497 e. The first-order chi connectivity index (χ1) is 13.7. The van der Waals surface area contributed by atoms with Crippen molar-refractivity contribution in [1.82, 2.24) is 4.98 Å². The molecule has 0 unspecified atom stereocenters. The number of nitrogens with zero attached hydrogens (tertiary/aromatic N) is 2. The number of piperidine rings is 1. The summed E-state index contributed by atoms with van der Waals surface area (Å²) < 4.78 is 10.8. The second-order valence-corrected chi connectivity index (χ2v) is 7.31. The number of nitrogens with one attached hydrogen (secondary N) is 1. The lowest BCUT2D eigenvalue weighted by Gasteiger charge is -2.35. The molecule has 3 aromatic rings. The number of pyridine rings is 1. The second-order valence-electron chi connectivity index (χ2n) is 7.31. The van der Waals surface area contributed by atoms with Gasteiger partial charge in [0, 0.05) is 60.3 Å². The van der Waals surface area contributed by atoms with Gasteiger partial charge in [-0.2, -0.15) is 0 Å². The van der Waals surface area contributed by atoms with Crippen LogP contribution in [-0.2, 0) is 0 Å². The zero-order chi connectivity index (χ0) is 19.5. The number of rotatable bonds is 5. The third kappa shape index (κ3) is 3.70. The van der Waals surface area contributed by atoms with E-state index in [1.54, 1.807) is 14.2 Å². The topological polar surface area (TPSA) is 46.6 Å². The lowest BCUT2D eigenvalue weighted by atomic mass is 10.0. The fourth-order valence-electron chi connectivity index (χ4n) is 3.98. The fourth-order valence-corrected chi connectivity index (χ4v) is 3.98. The quantitative estimate of drug-likeness (QED) is 0.702. The van der Waals surface area contributed by atoms with Crippen LogP contribution in [0.4, 0.5) is 11.4 Å². The highest BCUT2D eigenvalue weighted by atomic mass is 16.5. The Hall–Kier alpha value is -2.95. The Kier molecular flexibility index (Phi) is 5.24. The molecule has 0 amide bonds. The summed E-state index contributed by atoms with van der Waals surface area (Å²) in [5, 5.41) is 4.89. The molecule has 0 atom stereocenters. The largest absolute Gasteiger partial charge is 0.497 e. The molecule has 4 rings (SSSR count). The van der Waals surface area contributed by atoms with E-state index in [0.717, 1.165) is 48.6 Å². The highest BCUT2D eigenvalue weighted by Gasteiger charge is 2.21. The third-order valence-electron chi connectivity index (χ3n) is 5.51. The SMILES string of the molecule is COc1cc(NC2CCN(c3ccnc4c(C)cccc34)CC2)cc(OC)c1. The zero-order valence-corrected chi connectivity index (χ0v) is 16.7. The third-order valence-corrected chi connectivity index (χ3v) is 5.51. The summed E-state index contributed by atoms with van der Waals surface area (Å²) >= 11 is 0. The molecular formula is C23H27N3O2. The molecule has 0 saturated carbocycles. The van der Waals surface area contributed by atoms with Gasteiger partial charge in [0.1, 0.15) is 11.5 Å². The van der Waals surface area contributed by atoms with Crippen molar-refractivity contribution in [2.24, 2.45) is 0 Å². The van der Waals surface area contributed by atoms with E-state index in [4.69, 9.17) is 9.47 Å². The number of ether oxygens (including phenoxy) is 2. The molecule has 1 saturated heterocycles. The van der Waals surface area contributed by atoms with E-state index in [2.05, 4.69) is 46.4 Å². The van der Waals surface area contributed by atoms with Crippen molar-refractivity contribution in [3.8, 4) is 11.5 Å². The van der Waals surface area contributed by atoms with Gasteiger partial charge in [0.25, 0.3) is 0 Å². The second kappa shape index (κ2) is 7.97. The van der Waals surface area contributed by atoms with Crippen LogP contribution in [-0.4, -0.2) is 38.3 Å².